The lowest BCUT2D eigenvalue weighted by molar-refractivity contribution is 0.235. The van der Waals surface area contributed by atoms with E-state index in [0.29, 0.717) is 32.1 Å². The van der Waals surface area contributed by atoms with Gasteiger partial charge in [0.15, 0.2) is 0 Å². The molecule has 0 bridgehead atoms. The van der Waals surface area contributed by atoms with E-state index < -0.39 is 10.2 Å². The van der Waals surface area contributed by atoms with Crippen molar-refractivity contribution < 1.29 is 8.42 Å². The molecule has 90 valence electrons. The Morgan fingerprint density at radius 1 is 1.40 bits per heavy atom. The number of nitrogens with two attached hydrogens (primary N) is 1. The van der Waals surface area contributed by atoms with E-state index in [9.17, 15) is 8.42 Å². The first kappa shape index (κ1) is 12.9. The second-order valence-corrected chi connectivity index (χ2v) is 6.13. The summed E-state index contributed by atoms with van der Waals surface area (Å²) in [5, 5.41) is 0. The molecule has 1 fully saturated rings. The normalized spacial score (nSPS) is 28.1. The molecule has 15 heavy (non-hydrogen) atoms. The molecule has 1 heterocycles. The van der Waals surface area contributed by atoms with Crippen molar-refractivity contribution >= 4 is 10.2 Å². The second kappa shape index (κ2) is 5.25. The SMILES string of the molecule is CCCN1CC(CCN)CN(C)S1(=O)=O. The van der Waals surface area contributed by atoms with Crippen molar-refractivity contribution in [2.45, 2.75) is 19.8 Å². The smallest absolute Gasteiger partial charge is 0.281 e. The van der Waals surface area contributed by atoms with Crippen molar-refractivity contribution in [1.82, 2.24) is 8.61 Å². The van der Waals surface area contributed by atoms with Gasteiger partial charge in [0.25, 0.3) is 10.2 Å². The highest BCUT2D eigenvalue weighted by atomic mass is 32.2. The van der Waals surface area contributed by atoms with Gasteiger partial charge in [0.2, 0.25) is 0 Å². The van der Waals surface area contributed by atoms with Crippen molar-refractivity contribution in [1.29, 1.82) is 0 Å². The van der Waals surface area contributed by atoms with Gasteiger partial charge in [-0.25, -0.2) is 0 Å². The predicted octanol–water partition coefficient (Wildman–Crippen LogP) is -0.146. The highest BCUT2D eigenvalue weighted by Crippen LogP contribution is 2.20. The summed E-state index contributed by atoms with van der Waals surface area (Å²) in [6, 6.07) is 0. The Bertz CT molecular complexity index is 292. The van der Waals surface area contributed by atoms with Crippen molar-refractivity contribution in [3.05, 3.63) is 0 Å². The highest BCUT2D eigenvalue weighted by Gasteiger charge is 2.34. The summed E-state index contributed by atoms with van der Waals surface area (Å²) in [5.41, 5.74) is 5.51. The molecule has 6 heteroatoms. The minimum Gasteiger partial charge on any atom is -0.330 e. The summed E-state index contributed by atoms with van der Waals surface area (Å²) >= 11 is 0. The quantitative estimate of drug-likeness (QED) is 0.737. The van der Waals surface area contributed by atoms with Gasteiger partial charge in [-0.3, -0.25) is 0 Å². The molecule has 0 radical (unpaired) electrons. The second-order valence-electron chi connectivity index (χ2n) is 4.09. The molecule has 0 aromatic carbocycles. The summed E-state index contributed by atoms with van der Waals surface area (Å²) in [6.45, 7) is 4.44. The van der Waals surface area contributed by atoms with Crippen LogP contribution >= 0.6 is 0 Å². The molecule has 0 aliphatic carbocycles. The van der Waals surface area contributed by atoms with Gasteiger partial charge in [-0.1, -0.05) is 6.92 Å². The van der Waals surface area contributed by atoms with E-state index in [4.69, 9.17) is 5.73 Å². The van der Waals surface area contributed by atoms with Gasteiger partial charge in [0, 0.05) is 26.7 Å². The van der Waals surface area contributed by atoms with E-state index in [1.54, 1.807) is 11.4 Å². The Kier molecular flexibility index (Phi) is 4.51. The maximum Gasteiger partial charge on any atom is 0.281 e. The van der Waals surface area contributed by atoms with Gasteiger partial charge in [-0.05, 0) is 25.3 Å². The van der Waals surface area contributed by atoms with E-state index in [2.05, 4.69) is 0 Å². The monoisotopic (exact) mass is 235 g/mol. The Morgan fingerprint density at radius 3 is 2.60 bits per heavy atom. The number of rotatable bonds is 4. The first-order chi connectivity index (χ1) is 7.02. The maximum atomic E-state index is 11.9. The van der Waals surface area contributed by atoms with Crippen LogP contribution < -0.4 is 5.73 Å². The lowest BCUT2D eigenvalue weighted by Crippen LogP contribution is -2.52. The molecule has 1 atom stereocenters. The van der Waals surface area contributed by atoms with Crippen molar-refractivity contribution in [3.8, 4) is 0 Å². The number of hydrogen-bond donors (Lipinski definition) is 1. The molecule has 5 nitrogen and oxygen atoms in total. The van der Waals surface area contributed by atoms with Crippen LogP contribution in [0.15, 0.2) is 0 Å². The van der Waals surface area contributed by atoms with E-state index in [-0.39, 0.29) is 0 Å². The summed E-state index contributed by atoms with van der Waals surface area (Å²) in [4.78, 5) is 0. The number of hydrogen-bond acceptors (Lipinski definition) is 3. The van der Waals surface area contributed by atoms with Gasteiger partial charge < -0.3 is 5.73 Å². The summed E-state index contributed by atoms with van der Waals surface area (Å²) in [7, 11) is -1.55. The first-order valence-corrected chi connectivity index (χ1v) is 6.83. The third-order valence-electron chi connectivity index (χ3n) is 2.75. The third kappa shape index (κ3) is 2.90. The number of nitrogens with zero attached hydrogens (tertiary/aromatic N) is 2. The molecular formula is C9H21N3O2S. The average molecular weight is 235 g/mol. The van der Waals surface area contributed by atoms with Crippen LogP contribution in [0, 0.1) is 5.92 Å². The van der Waals surface area contributed by atoms with Crippen molar-refractivity contribution in [2.24, 2.45) is 11.7 Å². The van der Waals surface area contributed by atoms with Crippen LogP contribution in [0.5, 0.6) is 0 Å². The lowest BCUT2D eigenvalue weighted by Gasteiger charge is -2.37. The standard InChI is InChI=1S/C9H21N3O2S/c1-3-6-12-8-9(4-5-10)7-11(2)15(12,13)14/h9H,3-8,10H2,1-2H3. The van der Waals surface area contributed by atoms with Crippen LogP contribution in [0.1, 0.15) is 19.8 Å². The Labute approximate surface area is 92.4 Å². The first-order valence-electron chi connectivity index (χ1n) is 5.43. The summed E-state index contributed by atoms with van der Waals surface area (Å²) in [6.07, 6.45) is 1.74. The third-order valence-corrected chi connectivity index (χ3v) is 4.67. The zero-order valence-electron chi connectivity index (χ0n) is 9.52. The lowest BCUT2D eigenvalue weighted by atomic mass is 10.1. The fourth-order valence-corrected chi connectivity index (χ4v) is 3.58. The highest BCUT2D eigenvalue weighted by molar-refractivity contribution is 7.86. The molecular weight excluding hydrogens is 214 g/mol. The molecule has 2 N–H and O–H groups in total. The zero-order chi connectivity index (χ0) is 11.5. The van der Waals surface area contributed by atoms with Crippen molar-refractivity contribution in [3.63, 3.8) is 0 Å². The van der Waals surface area contributed by atoms with Crippen LogP contribution in [0.25, 0.3) is 0 Å². The van der Waals surface area contributed by atoms with Gasteiger partial charge >= 0.3 is 0 Å². The zero-order valence-corrected chi connectivity index (χ0v) is 10.3. The molecule has 1 saturated heterocycles. The largest absolute Gasteiger partial charge is 0.330 e. The van der Waals surface area contributed by atoms with E-state index >= 15 is 0 Å². The topological polar surface area (TPSA) is 66.6 Å². The van der Waals surface area contributed by atoms with E-state index in [1.165, 1.54) is 4.31 Å². The van der Waals surface area contributed by atoms with Gasteiger partial charge in [0.1, 0.15) is 0 Å². The Morgan fingerprint density at radius 2 is 2.07 bits per heavy atom. The van der Waals surface area contributed by atoms with Gasteiger partial charge in [0.05, 0.1) is 0 Å². The Hall–Kier alpha value is -0.170. The average Bonchev–Trinajstić information content (AvgIpc) is 2.15. The molecule has 0 spiro atoms. The molecule has 1 rings (SSSR count). The summed E-state index contributed by atoms with van der Waals surface area (Å²) < 4.78 is 26.7. The molecule has 0 saturated carbocycles. The van der Waals surface area contributed by atoms with Gasteiger partial charge in [-0.2, -0.15) is 17.0 Å². The van der Waals surface area contributed by atoms with Crippen molar-refractivity contribution in [2.75, 3.05) is 33.2 Å². The maximum absolute atomic E-state index is 11.9. The molecule has 0 amide bonds. The summed E-state index contributed by atoms with van der Waals surface area (Å²) in [5.74, 6) is 0.370. The van der Waals surface area contributed by atoms with Gasteiger partial charge in [-0.15, -0.1) is 0 Å². The molecule has 1 aliphatic heterocycles. The molecule has 0 aromatic heterocycles. The fraction of sp³-hybridized carbons (Fsp3) is 1.00. The molecule has 1 unspecified atom stereocenters. The Balaban J connectivity index is 2.73. The van der Waals surface area contributed by atoms with Crippen LogP contribution in [0.2, 0.25) is 0 Å². The minimum absolute atomic E-state index is 0.370. The van der Waals surface area contributed by atoms with Crippen LogP contribution in [0.4, 0.5) is 0 Å². The van der Waals surface area contributed by atoms with Crippen LogP contribution in [-0.2, 0) is 10.2 Å². The van der Waals surface area contributed by atoms with Crippen LogP contribution in [-0.4, -0.2) is 50.3 Å². The van der Waals surface area contributed by atoms with E-state index in [1.807, 2.05) is 6.92 Å². The molecule has 0 aromatic rings. The predicted molar refractivity (Wildman–Crippen MR) is 60.6 cm³/mol. The van der Waals surface area contributed by atoms with Crippen LogP contribution in [0.3, 0.4) is 0 Å². The fourth-order valence-electron chi connectivity index (χ4n) is 1.97. The van der Waals surface area contributed by atoms with E-state index in [0.717, 1.165) is 12.8 Å². The minimum atomic E-state index is -3.19. The molecule has 1 aliphatic rings.